The number of unbranched alkanes of at least 4 members (excludes halogenated alkanes) is 4. The van der Waals surface area contributed by atoms with Gasteiger partial charge >= 0.3 is 5.97 Å². The van der Waals surface area contributed by atoms with Crippen molar-refractivity contribution in [3.8, 4) is 0 Å². The molecule has 0 unspecified atom stereocenters. The molecule has 0 saturated heterocycles. The summed E-state index contributed by atoms with van der Waals surface area (Å²) in [4.78, 5) is 11.4. The highest BCUT2D eigenvalue weighted by Gasteiger charge is 2.07. The molecule has 0 amide bonds. The first kappa shape index (κ1) is 14.2. The van der Waals surface area contributed by atoms with E-state index in [-0.39, 0.29) is 5.97 Å². The Balaban J connectivity index is 4.03. The average Bonchev–Trinajstić information content (AvgIpc) is 2.27. The molecule has 0 aliphatic rings. The SMILES string of the molecule is CCCCC/C=C(\CCCC)C(=O)OC. The van der Waals surface area contributed by atoms with Crippen molar-refractivity contribution in [3.63, 3.8) is 0 Å². The first-order chi connectivity index (χ1) is 7.26. The molecule has 88 valence electrons. The lowest BCUT2D eigenvalue weighted by Crippen LogP contribution is -2.04. The van der Waals surface area contributed by atoms with Gasteiger partial charge in [-0.2, -0.15) is 0 Å². The largest absolute Gasteiger partial charge is 0.466 e. The number of carbonyl (C=O) groups excluding carboxylic acids is 1. The topological polar surface area (TPSA) is 26.3 Å². The lowest BCUT2D eigenvalue weighted by Gasteiger charge is -2.04. The molecule has 2 nitrogen and oxygen atoms in total. The zero-order chi connectivity index (χ0) is 11.5. The van der Waals surface area contributed by atoms with E-state index in [4.69, 9.17) is 4.74 Å². The molecule has 0 spiro atoms. The quantitative estimate of drug-likeness (QED) is 0.347. The Morgan fingerprint density at radius 3 is 2.33 bits per heavy atom. The minimum Gasteiger partial charge on any atom is -0.466 e. The van der Waals surface area contributed by atoms with E-state index in [0.717, 1.165) is 31.3 Å². The number of ether oxygens (including phenoxy) is 1. The first-order valence-electron chi connectivity index (χ1n) is 6.03. The predicted octanol–water partition coefficient (Wildman–Crippen LogP) is 3.86. The van der Waals surface area contributed by atoms with E-state index in [1.54, 1.807) is 0 Å². The molecule has 0 aromatic rings. The van der Waals surface area contributed by atoms with Crippen LogP contribution in [0.2, 0.25) is 0 Å². The number of methoxy groups -OCH3 is 1. The summed E-state index contributed by atoms with van der Waals surface area (Å²) in [6, 6.07) is 0. The van der Waals surface area contributed by atoms with Crippen LogP contribution in [0.4, 0.5) is 0 Å². The summed E-state index contributed by atoms with van der Waals surface area (Å²) in [5.74, 6) is -0.153. The van der Waals surface area contributed by atoms with Gasteiger partial charge in [0.1, 0.15) is 0 Å². The molecule has 0 saturated carbocycles. The zero-order valence-corrected chi connectivity index (χ0v) is 10.3. The second-order valence-electron chi connectivity index (χ2n) is 3.82. The Morgan fingerprint density at radius 1 is 1.13 bits per heavy atom. The number of carbonyl (C=O) groups is 1. The molecule has 0 rings (SSSR count). The van der Waals surface area contributed by atoms with Crippen LogP contribution >= 0.6 is 0 Å². The fraction of sp³-hybridized carbons (Fsp3) is 0.769. The fourth-order valence-corrected chi connectivity index (χ4v) is 1.46. The third-order valence-electron chi connectivity index (χ3n) is 2.45. The maximum atomic E-state index is 11.4. The Kier molecular flexibility index (Phi) is 9.24. The van der Waals surface area contributed by atoms with Crippen LogP contribution in [0.1, 0.15) is 58.8 Å². The summed E-state index contributed by atoms with van der Waals surface area (Å²) in [7, 11) is 1.45. The Hall–Kier alpha value is -0.790. The van der Waals surface area contributed by atoms with Crippen molar-refractivity contribution >= 4 is 5.97 Å². The highest BCUT2D eigenvalue weighted by atomic mass is 16.5. The lowest BCUT2D eigenvalue weighted by atomic mass is 10.1. The molecule has 0 aromatic heterocycles. The van der Waals surface area contributed by atoms with E-state index in [1.165, 1.54) is 26.4 Å². The van der Waals surface area contributed by atoms with Crippen LogP contribution in [0.3, 0.4) is 0 Å². The summed E-state index contributed by atoms with van der Waals surface area (Å²) in [5.41, 5.74) is 0.857. The maximum absolute atomic E-state index is 11.4. The van der Waals surface area contributed by atoms with Gasteiger partial charge in [0.05, 0.1) is 7.11 Å². The maximum Gasteiger partial charge on any atom is 0.333 e. The third kappa shape index (κ3) is 7.18. The minimum atomic E-state index is -0.153. The molecule has 0 radical (unpaired) electrons. The minimum absolute atomic E-state index is 0.153. The lowest BCUT2D eigenvalue weighted by molar-refractivity contribution is -0.136. The normalized spacial score (nSPS) is 11.5. The van der Waals surface area contributed by atoms with E-state index in [0.29, 0.717) is 0 Å². The predicted molar refractivity (Wildman–Crippen MR) is 63.8 cm³/mol. The monoisotopic (exact) mass is 212 g/mol. The van der Waals surface area contributed by atoms with Gasteiger partial charge in [-0.25, -0.2) is 4.79 Å². The van der Waals surface area contributed by atoms with E-state index in [9.17, 15) is 4.79 Å². The molecule has 15 heavy (non-hydrogen) atoms. The van der Waals surface area contributed by atoms with Crippen molar-refractivity contribution in [1.82, 2.24) is 0 Å². The van der Waals surface area contributed by atoms with Gasteiger partial charge in [-0.15, -0.1) is 0 Å². The van der Waals surface area contributed by atoms with Gasteiger partial charge in [-0.1, -0.05) is 39.2 Å². The molecule has 0 atom stereocenters. The zero-order valence-electron chi connectivity index (χ0n) is 10.3. The Morgan fingerprint density at radius 2 is 1.80 bits per heavy atom. The van der Waals surface area contributed by atoms with Gasteiger partial charge < -0.3 is 4.74 Å². The van der Waals surface area contributed by atoms with Gasteiger partial charge in [0, 0.05) is 5.57 Å². The molecule has 0 heterocycles. The summed E-state index contributed by atoms with van der Waals surface area (Å²) >= 11 is 0. The summed E-state index contributed by atoms with van der Waals surface area (Å²) in [5, 5.41) is 0. The van der Waals surface area contributed by atoms with Crippen molar-refractivity contribution in [2.24, 2.45) is 0 Å². The standard InChI is InChI=1S/C13H24O2/c1-4-6-8-9-11-12(10-7-5-2)13(14)15-3/h11H,4-10H2,1-3H3/b12-11+. The third-order valence-corrected chi connectivity index (χ3v) is 2.45. The smallest absolute Gasteiger partial charge is 0.333 e. The van der Waals surface area contributed by atoms with Gasteiger partial charge in [0.2, 0.25) is 0 Å². The number of hydrogen-bond donors (Lipinski definition) is 0. The van der Waals surface area contributed by atoms with Gasteiger partial charge in [0.25, 0.3) is 0 Å². The van der Waals surface area contributed by atoms with Gasteiger partial charge in [-0.3, -0.25) is 0 Å². The van der Waals surface area contributed by atoms with Crippen LogP contribution in [0.25, 0.3) is 0 Å². The Bertz CT molecular complexity index is 195. The molecule has 0 aliphatic carbocycles. The van der Waals surface area contributed by atoms with Crippen LogP contribution in [-0.4, -0.2) is 13.1 Å². The second-order valence-corrected chi connectivity index (χ2v) is 3.82. The molecule has 0 fully saturated rings. The van der Waals surface area contributed by atoms with Crippen LogP contribution in [-0.2, 0) is 9.53 Å². The molecular formula is C13H24O2. The molecule has 0 aromatic carbocycles. The van der Waals surface area contributed by atoms with Crippen molar-refractivity contribution in [3.05, 3.63) is 11.6 Å². The molecular weight excluding hydrogens is 188 g/mol. The highest BCUT2D eigenvalue weighted by Crippen LogP contribution is 2.12. The van der Waals surface area contributed by atoms with Crippen LogP contribution in [0, 0.1) is 0 Å². The number of rotatable bonds is 8. The van der Waals surface area contributed by atoms with Crippen LogP contribution in [0.15, 0.2) is 11.6 Å². The molecule has 2 heteroatoms. The van der Waals surface area contributed by atoms with Crippen molar-refractivity contribution < 1.29 is 9.53 Å². The second kappa shape index (κ2) is 9.75. The van der Waals surface area contributed by atoms with Crippen LogP contribution in [0.5, 0.6) is 0 Å². The van der Waals surface area contributed by atoms with E-state index >= 15 is 0 Å². The summed E-state index contributed by atoms with van der Waals surface area (Å²) < 4.78 is 4.76. The highest BCUT2D eigenvalue weighted by molar-refractivity contribution is 5.88. The molecule has 0 N–H and O–H groups in total. The number of allylic oxidation sites excluding steroid dienone is 1. The fourth-order valence-electron chi connectivity index (χ4n) is 1.46. The number of hydrogen-bond acceptors (Lipinski definition) is 2. The summed E-state index contributed by atoms with van der Waals surface area (Å²) in [6.07, 6.45) is 9.71. The van der Waals surface area contributed by atoms with E-state index < -0.39 is 0 Å². The van der Waals surface area contributed by atoms with Crippen molar-refractivity contribution in [1.29, 1.82) is 0 Å². The first-order valence-corrected chi connectivity index (χ1v) is 6.03. The molecule has 0 aliphatic heterocycles. The van der Waals surface area contributed by atoms with E-state index in [1.807, 2.05) is 0 Å². The van der Waals surface area contributed by atoms with Crippen LogP contribution < -0.4 is 0 Å². The number of esters is 1. The average molecular weight is 212 g/mol. The Labute approximate surface area is 93.7 Å². The van der Waals surface area contributed by atoms with Gasteiger partial charge in [0.15, 0.2) is 0 Å². The van der Waals surface area contributed by atoms with E-state index in [2.05, 4.69) is 19.9 Å². The summed E-state index contributed by atoms with van der Waals surface area (Å²) in [6.45, 7) is 4.31. The van der Waals surface area contributed by atoms with Crippen molar-refractivity contribution in [2.45, 2.75) is 58.8 Å². The van der Waals surface area contributed by atoms with Gasteiger partial charge in [-0.05, 0) is 25.7 Å². The molecule has 0 bridgehead atoms. The van der Waals surface area contributed by atoms with Crippen molar-refractivity contribution in [2.75, 3.05) is 7.11 Å².